The zero-order valence-corrected chi connectivity index (χ0v) is 13.1. The van der Waals surface area contributed by atoms with E-state index in [0.717, 1.165) is 12.8 Å². The largest absolute Gasteiger partial charge is 0.508 e. The van der Waals surface area contributed by atoms with Crippen LogP contribution >= 0.6 is 23.2 Å². The number of phenolic OH excluding ortho intramolecular Hbond substituents is 1. The second-order valence-electron chi connectivity index (χ2n) is 5.27. The van der Waals surface area contributed by atoms with Gasteiger partial charge >= 0.3 is 0 Å². The highest BCUT2D eigenvalue weighted by Gasteiger charge is 2.28. The second kappa shape index (κ2) is 6.83. The molecule has 1 saturated heterocycles. The number of piperidine rings is 1. The molecule has 0 aliphatic carbocycles. The van der Waals surface area contributed by atoms with Crippen molar-refractivity contribution in [1.29, 1.82) is 0 Å². The van der Waals surface area contributed by atoms with Crippen LogP contribution in [-0.2, 0) is 4.79 Å². The molecule has 0 bridgehead atoms. The fraction of sp³-hybridized carbons (Fsp3) is 0.500. The smallest absolute Gasteiger partial charge is 0.236 e. The number of nitrogens with two attached hydrogens (primary N) is 2. The number of benzene rings is 1. The fourth-order valence-electron chi connectivity index (χ4n) is 2.71. The molecule has 1 amide bonds. The number of carbonyl (C=O) groups excluding carboxylic acids is 1. The third kappa shape index (κ3) is 3.61. The van der Waals surface area contributed by atoms with Crippen LogP contribution in [0.1, 0.15) is 24.4 Å². The Labute approximate surface area is 133 Å². The Kier molecular flexibility index (Phi) is 5.32. The van der Waals surface area contributed by atoms with E-state index < -0.39 is 0 Å². The Morgan fingerprint density at radius 3 is 2.48 bits per heavy atom. The van der Waals surface area contributed by atoms with Crippen molar-refractivity contribution in [3.05, 3.63) is 27.7 Å². The lowest BCUT2D eigenvalue weighted by atomic mass is 9.85. The van der Waals surface area contributed by atoms with Gasteiger partial charge in [-0.3, -0.25) is 4.79 Å². The highest BCUT2D eigenvalue weighted by Crippen LogP contribution is 2.37. The molecule has 0 spiro atoms. The molecule has 5 nitrogen and oxygen atoms in total. The van der Waals surface area contributed by atoms with Crippen LogP contribution < -0.4 is 11.5 Å². The van der Waals surface area contributed by atoms with E-state index in [0.29, 0.717) is 28.7 Å². The zero-order valence-electron chi connectivity index (χ0n) is 11.6. The molecule has 5 N–H and O–H groups in total. The lowest BCUT2D eigenvalue weighted by molar-refractivity contribution is -0.131. The molecular formula is C14H19Cl2N3O2. The minimum Gasteiger partial charge on any atom is -0.508 e. The maximum Gasteiger partial charge on any atom is 0.236 e. The molecule has 2 rings (SSSR count). The number of hydrogen-bond donors (Lipinski definition) is 3. The molecule has 1 aliphatic heterocycles. The van der Waals surface area contributed by atoms with Crippen molar-refractivity contribution >= 4 is 29.1 Å². The molecular weight excluding hydrogens is 313 g/mol. The molecule has 0 unspecified atom stereocenters. The number of halogens is 2. The van der Waals surface area contributed by atoms with Gasteiger partial charge in [0.25, 0.3) is 0 Å². The Morgan fingerprint density at radius 1 is 1.33 bits per heavy atom. The average Bonchev–Trinajstić information content (AvgIpc) is 2.49. The third-order valence-electron chi connectivity index (χ3n) is 4.00. The van der Waals surface area contributed by atoms with Crippen molar-refractivity contribution in [3.8, 4) is 5.75 Å². The van der Waals surface area contributed by atoms with Gasteiger partial charge in [-0.25, -0.2) is 0 Å². The van der Waals surface area contributed by atoms with Crippen molar-refractivity contribution in [2.75, 3.05) is 19.6 Å². The molecule has 0 aromatic heterocycles. The van der Waals surface area contributed by atoms with Gasteiger partial charge in [0.15, 0.2) is 0 Å². The van der Waals surface area contributed by atoms with E-state index in [4.69, 9.17) is 34.7 Å². The molecule has 0 radical (unpaired) electrons. The number of nitrogens with zero attached hydrogens (tertiary/aromatic N) is 1. The van der Waals surface area contributed by atoms with Gasteiger partial charge in [-0.1, -0.05) is 23.2 Å². The highest BCUT2D eigenvalue weighted by molar-refractivity contribution is 6.42. The summed E-state index contributed by atoms with van der Waals surface area (Å²) in [7, 11) is 0. The number of aromatic hydroxyl groups is 1. The quantitative estimate of drug-likeness (QED) is 0.788. The third-order valence-corrected chi connectivity index (χ3v) is 4.73. The summed E-state index contributed by atoms with van der Waals surface area (Å²) in [6.07, 6.45) is 1.54. The van der Waals surface area contributed by atoms with Crippen LogP contribution in [0.15, 0.2) is 12.1 Å². The molecule has 116 valence electrons. The van der Waals surface area contributed by atoms with Crippen LogP contribution in [0, 0.1) is 5.92 Å². The van der Waals surface area contributed by atoms with Gasteiger partial charge < -0.3 is 21.5 Å². The Hall–Kier alpha value is -1.01. The molecule has 1 aliphatic rings. The summed E-state index contributed by atoms with van der Waals surface area (Å²) < 4.78 is 0. The van der Waals surface area contributed by atoms with Crippen LogP contribution in [0.4, 0.5) is 0 Å². The standard InChI is InChI=1S/C14H19Cl2N3O2/c15-10-5-9(12(20)6-11(10)16)14(18)8-1-3-19(4-2-8)13(21)7-17/h5-6,8,14,20H,1-4,7,17-18H2/t14-/m1/s1. The van der Waals surface area contributed by atoms with Crippen LogP contribution in [0.3, 0.4) is 0 Å². The van der Waals surface area contributed by atoms with Crippen molar-refractivity contribution < 1.29 is 9.90 Å². The van der Waals surface area contributed by atoms with E-state index in [1.807, 2.05) is 0 Å². The van der Waals surface area contributed by atoms with Gasteiger partial charge in [0, 0.05) is 30.8 Å². The van der Waals surface area contributed by atoms with E-state index in [-0.39, 0.29) is 30.2 Å². The predicted molar refractivity (Wildman–Crippen MR) is 83.4 cm³/mol. The topological polar surface area (TPSA) is 92.6 Å². The predicted octanol–water partition coefficient (Wildman–Crippen LogP) is 1.90. The lowest BCUT2D eigenvalue weighted by Crippen LogP contribution is -2.43. The van der Waals surface area contributed by atoms with Crippen molar-refractivity contribution in [2.45, 2.75) is 18.9 Å². The SMILES string of the molecule is NCC(=O)N1CCC([C@@H](N)c2cc(Cl)c(Cl)cc2O)CC1. The molecule has 1 fully saturated rings. The van der Waals surface area contributed by atoms with E-state index >= 15 is 0 Å². The molecule has 7 heteroatoms. The summed E-state index contributed by atoms with van der Waals surface area (Å²) in [6, 6.07) is 2.68. The molecule has 21 heavy (non-hydrogen) atoms. The monoisotopic (exact) mass is 331 g/mol. The van der Waals surface area contributed by atoms with Gasteiger partial charge in [-0.05, 0) is 24.8 Å². The first-order valence-electron chi connectivity index (χ1n) is 6.85. The minimum absolute atomic E-state index is 0.0320. The average molecular weight is 332 g/mol. The van der Waals surface area contributed by atoms with Gasteiger partial charge in [-0.2, -0.15) is 0 Å². The maximum atomic E-state index is 11.5. The highest BCUT2D eigenvalue weighted by atomic mass is 35.5. The number of rotatable bonds is 3. The van der Waals surface area contributed by atoms with E-state index in [1.54, 1.807) is 11.0 Å². The number of carbonyl (C=O) groups is 1. The van der Waals surface area contributed by atoms with E-state index in [9.17, 15) is 9.90 Å². The lowest BCUT2D eigenvalue weighted by Gasteiger charge is -2.35. The zero-order chi connectivity index (χ0) is 15.6. The molecule has 0 saturated carbocycles. The summed E-state index contributed by atoms with van der Waals surface area (Å²) in [5, 5.41) is 10.7. The molecule has 1 aromatic carbocycles. The number of hydrogen-bond acceptors (Lipinski definition) is 4. The maximum absolute atomic E-state index is 11.5. The first-order valence-corrected chi connectivity index (χ1v) is 7.61. The Balaban J connectivity index is 2.07. The van der Waals surface area contributed by atoms with Crippen molar-refractivity contribution in [2.24, 2.45) is 17.4 Å². The molecule has 1 atom stereocenters. The minimum atomic E-state index is -0.338. The summed E-state index contributed by atoms with van der Waals surface area (Å²) in [5.74, 6) is 0.187. The Bertz CT molecular complexity index is 531. The normalized spacial score (nSPS) is 17.8. The van der Waals surface area contributed by atoms with E-state index in [2.05, 4.69) is 0 Å². The first kappa shape index (κ1) is 16.4. The molecule has 1 aromatic rings. The van der Waals surface area contributed by atoms with Gasteiger partial charge in [-0.15, -0.1) is 0 Å². The second-order valence-corrected chi connectivity index (χ2v) is 6.09. The molecule has 1 heterocycles. The summed E-state index contributed by atoms with van der Waals surface area (Å²) in [4.78, 5) is 13.3. The van der Waals surface area contributed by atoms with Crippen molar-refractivity contribution in [1.82, 2.24) is 4.90 Å². The number of phenols is 1. The number of likely N-dealkylation sites (tertiary alicyclic amines) is 1. The summed E-state index contributed by atoms with van der Waals surface area (Å²) >= 11 is 11.8. The van der Waals surface area contributed by atoms with Crippen LogP contribution in [0.2, 0.25) is 10.0 Å². The van der Waals surface area contributed by atoms with Gasteiger partial charge in [0.2, 0.25) is 5.91 Å². The first-order chi connectivity index (χ1) is 9.93. The summed E-state index contributed by atoms with van der Waals surface area (Å²) in [6.45, 7) is 1.30. The van der Waals surface area contributed by atoms with Crippen LogP contribution in [0.25, 0.3) is 0 Å². The van der Waals surface area contributed by atoms with Crippen molar-refractivity contribution in [3.63, 3.8) is 0 Å². The fourth-order valence-corrected chi connectivity index (χ4v) is 3.04. The van der Waals surface area contributed by atoms with E-state index in [1.165, 1.54) is 6.07 Å². The summed E-state index contributed by atoms with van der Waals surface area (Å²) in [5.41, 5.74) is 12.2. The Morgan fingerprint density at radius 2 is 1.90 bits per heavy atom. The number of amides is 1. The van der Waals surface area contributed by atoms with Gasteiger partial charge in [0.05, 0.1) is 16.6 Å². The van der Waals surface area contributed by atoms with Gasteiger partial charge in [0.1, 0.15) is 5.75 Å². The van der Waals surface area contributed by atoms with Crippen LogP contribution in [-0.4, -0.2) is 35.5 Å². The van der Waals surface area contributed by atoms with Crippen LogP contribution in [0.5, 0.6) is 5.75 Å².